The van der Waals surface area contributed by atoms with Crippen LogP contribution in [0.4, 0.5) is 0 Å². The molecule has 0 spiro atoms. The molecule has 1 aliphatic rings. The van der Waals surface area contributed by atoms with Gasteiger partial charge in [0.15, 0.2) is 5.96 Å². The Morgan fingerprint density at radius 3 is 2.91 bits per heavy atom. The van der Waals surface area contributed by atoms with E-state index in [1.165, 1.54) is 11.1 Å². The Morgan fingerprint density at radius 2 is 2.22 bits per heavy atom. The summed E-state index contributed by atoms with van der Waals surface area (Å²) in [5.74, 6) is 0.938. The van der Waals surface area contributed by atoms with E-state index in [-0.39, 0.29) is 6.10 Å². The first-order valence-electron chi connectivity index (χ1n) is 8.44. The molecule has 0 bridgehead atoms. The van der Waals surface area contributed by atoms with Crippen LogP contribution in [-0.2, 0) is 11.3 Å². The van der Waals surface area contributed by atoms with Gasteiger partial charge in [0.1, 0.15) is 0 Å². The number of aryl methyl sites for hydroxylation is 1. The number of likely N-dealkylation sites (N-methyl/N-ethyl adjacent to an activating group) is 1. The van der Waals surface area contributed by atoms with Gasteiger partial charge in [0, 0.05) is 33.2 Å². The molecule has 1 unspecified atom stereocenters. The smallest absolute Gasteiger partial charge is 0.194 e. The van der Waals surface area contributed by atoms with Crippen LogP contribution in [0.3, 0.4) is 0 Å². The van der Waals surface area contributed by atoms with E-state index in [1.807, 2.05) is 0 Å². The minimum Gasteiger partial charge on any atom is -0.374 e. The quantitative estimate of drug-likeness (QED) is 0.663. The number of hydrogen-bond donors (Lipinski definition) is 1. The number of ether oxygens (including phenoxy) is 1. The van der Waals surface area contributed by atoms with Gasteiger partial charge in [-0.3, -0.25) is 4.99 Å². The van der Waals surface area contributed by atoms with Crippen LogP contribution in [-0.4, -0.2) is 68.7 Å². The van der Waals surface area contributed by atoms with Gasteiger partial charge in [0.05, 0.1) is 19.3 Å². The number of hydrogen-bond acceptors (Lipinski definition) is 3. The van der Waals surface area contributed by atoms with Gasteiger partial charge in [0.25, 0.3) is 0 Å². The SMILES string of the molecule is CCNC(=NCC1CN(C)CCO1)N(C)Cc1ccccc1C. The number of aliphatic imine (C=N–C) groups is 1. The van der Waals surface area contributed by atoms with Crippen LogP contribution in [0.1, 0.15) is 18.1 Å². The molecule has 0 aromatic heterocycles. The van der Waals surface area contributed by atoms with Gasteiger partial charge in [-0.2, -0.15) is 0 Å². The van der Waals surface area contributed by atoms with Crippen molar-refractivity contribution in [1.29, 1.82) is 0 Å². The maximum absolute atomic E-state index is 5.80. The molecule has 1 aliphatic heterocycles. The molecule has 5 heteroatoms. The number of benzene rings is 1. The molecule has 1 heterocycles. The summed E-state index contributed by atoms with van der Waals surface area (Å²) in [5, 5.41) is 3.38. The summed E-state index contributed by atoms with van der Waals surface area (Å²) in [5.41, 5.74) is 2.64. The summed E-state index contributed by atoms with van der Waals surface area (Å²) in [6, 6.07) is 8.49. The monoisotopic (exact) mass is 318 g/mol. The maximum Gasteiger partial charge on any atom is 0.194 e. The van der Waals surface area contributed by atoms with E-state index in [0.29, 0.717) is 6.54 Å². The van der Waals surface area contributed by atoms with Crippen molar-refractivity contribution >= 4 is 5.96 Å². The summed E-state index contributed by atoms with van der Waals surface area (Å²) < 4.78 is 5.80. The van der Waals surface area contributed by atoms with Crippen molar-refractivity contribution in [2.45, 2.75) is 26.5 Å². The number of nitrogens with zero attached hydrogens (tertiary/aromatic N) is 3. The van der Waals surface area contributed by atoms with Gasteiger partial charge in [0.2, 0.25) is 0 Å². The predicted molar refractivity (Wildman–Crippen MR) is 95.9 cm³/mol. The van der Waals surface area contributed by atoms with Crippen molar-refractivity contribution in [2.24, 2.45) is 4.99 Å². The molecule has 0 aliphatic carbocycles. The second-order valence-corrected chi connectivity index (χ2v) is 6.23. The maximum atomic E-state index is 5.80. The highest BCUT2D eigenvalue weighted by Crippen LogP contribution is 2.10. The zero-order valence-corrected chi connectivity index (χ0v) is 14.9. The Labute approximate surface area is 140 Å². The summed E-state index contributed by atoms with van der Waals surface area (Å²) in [6.45, 7) is 9.42. The van der Waals surface area contributed by atoms with E-state index in [9.17, 15) is 0 Å². The fraction of sp³-hybridized carbons (Fsp3) is 0.611. The molecule has 1 aromatic carbocycles. The lowest BCUT2D eigenvalue weighted by atomic mass is 10.1. The lowest BCUT2D eigenvalue weighted by molar-refractivity contribution is -0.0137. The van der Waals surface area contributed by atoms with Crippen molar-refractivity contribution in [3.05, 3.63) is 35.4 Å². The van der Waals surface area contributed by atoms with Crippen LogP contribution in [0.25, 0.3) is 0 Å². The third kappa shape index (κ3) is 5.52. The van der Waals surface area contributed by atoms with E-state index in [0.717, 1.165) is 38.7 Å². The van der Waals surface area contributed by atoms with Crippen LogP contribution in [0, 0.1) is 6.92 Å². The molecule has 1 fully saturated rings. The van der Waals surface area contributed by atoms with Gasteiger partial charge in [-0.05, 0) is 32.0 Å². The Balaban J connectivity index is 1.98. The average molecular weight is 318 g/mol. The molecule has 5 nitrogen and oxygen atoms in total. The third-order valence-corrected chi connectivity index (χ3v) is 4.15. The zero-order chi connectivity index (χ0) is 16.7. The van der Waals surface area contributed by atoms with Crippen LogP contribution >= 0.6 is 0 Å². The average Bonchev–Trinajstić information content (AvgIpc) is 2.53. The Hall–Kier alpha value is -1.59. The molecule has 2 rings (SSSR count). The topological polar surface area (TPSA) is 40.1 Å². The van der Waals surface area contributed by atoms with Crippen molar-refractivity contribution in [3.8, 4) is 0 Å². The van der Waals surface area contributed by atoms with Crippen LogP contribution < -0.4 is 5.32 Å². The molecule has 128 valence electrons. The molecule has 1 atom stereocenters. The van der Waals surface area contributed by atoms with Crippen LogP contribution in [0.15, 0.2) is 29.3 Å². The molecule has 23 heavy (non-hydrogen) atoms. The summed E-state index contributed by atoms with van der Waals surface area (Å²) >= 11 is 0. The van der Waals surface area contributed by atoms with Gasteiger partial charge in [-0.25, -0.2) is 0 Å². The Morgan fingerprint density at radius 1 is 1.43 bits per heavy atom. The minimum absolute atomic E-state index is 0.189. The van der Waals surface area contributed by atoms with E-state index < -0.39 is 0 Å². The molecule has 1 aromatic rings. The third-order valence-electron chi connectivity index (χ3n) is 4.15. The largest absolute Gasteiger partial charge is 0.374 e. The summed E-state index contributed by atoms with van der Waals surface area (Å²) in [7, 11) is 4.22. The zero-order valence-electron chi connectivity index (χ0n) is 14.9. The van der Waals surface area contributed by atoms with Crippen molar-refractivity contribution in [1.82, 2.24) is 15.1 Å². The van der Waals surface area contributed by atoms with Crippen molar-refractivity contribution < 1.29 is 4.74 Å². The summed E-state index contributed by atoms with van der Waals surface area (Å²) in [6.07, 6.45) is 0.189. The van der Waals surface area contributed by atoms with Gasteiger partial charge in [-0.15, -0.1) is 0 Å². The molecule has 1 saturated heterocycles. The first kappa shape index (κ1) is 17.8. The Bertz CT molecular complexity index is 517. The van der Waals surface area contributed by atoms with E-state index in [4.69, 9.17) is 9.73 Å². The van der Waals surface area contributed by atoms with E-state index >= 15 is 0 Å². The molecule has 1 N–H and O–H groups in total. The second kappa shape index (κ2) is 8.89. The molecular formula is C18H30N4O. The first-order chi connectivity index (χ1) is 11.1. The van der Waals surface area contributed by atoms with Crippen molar-refractivity contribution in [3.63, 3.8) is 0 Å². The number of morpholine rings is 1. The number of guanidine groups is 1. The van der Waals surface area contributed by atoms with Gasteiger partial charge < -0.3 is 19.9 Å². The van der Waals surface area contributed by atoms with Gasteiger partial charge >= 0.3 is 0 Å². The normalized spacial score (nSPS) is 19.7. The van der Waals surface area contributed by atoms with Crippen molar-refractivity contribution in [2.75, 3.05) is 46.9 Å². The fourth-order valence-corrected chi connectivity index (χ4v) is 2.75. The first-order valence-corrected chi connectivity index (χ1v) is 8.44. The highest BCUT2D eigenvalue weighted by molar-refractivity contribution is 5.79. The standard InChI is InChI=1S/C18H30N4O/c1-5-19-18(20-12-17-14-21(3)10-11-23-17)22(4)13-16-9-7-6-8-15(16)2/h6-9,17H,5,10-14H2,1-4H3,(H,19,20). The lowest BCUT2D eigenvalue weighted by Gasteiger charge is -2.30. The van der Waals surface area contributed by atoms with E-state index in [2.05, 4.69) is 67.3 Å². The molecule has 0 saturated carbocycles. The predicted octanol–water partition coefficient (Wildman–Crippen LogP) is 1.72. The van der Waals surface area contributed by atoms with Crippen LogP contribution in [0.5, 0.6) is 0 Å². The minimum atomic E-state index is 0.189. The molecule has 0 amide bonds. The lowest BCUT2D eigenvalue weighted by Crippen LogP contribution is -2.43. The highest BCUT2D eigenvalue weighted by atomic mass is 16.5. The number of nitrogens with one attached hydrogen (secondary N) is 1. The van der Waals surface area contributed by atoms with Gasteiger partial charge in [-0.1, -0.05) is 24.3 Å². The molecule has 0 radical (unpaired) electrons. The van der Waals surface area contributed by atoms with Crippen LogP contribution in [0.2, 0.25) is 0 Å². The second-order valence-electron chi connectivity index (χ2n) is 6.23. The van der Waals surface area contributed by atoms with E-state index in [1.54, 1.807) is 0 Å². The summed E-state index contributed by atoms with van der Waals surface area (Å²) in [4.78, 5) is 9.26. The number of rotatable bonds is 5. The molecular weight excluding hydrogens is 288 g/mol. The fourth-order valence-electron chi connectivity index (χ4n) is 2.75. The highest BCUT2D eigenvalue weighted by Gasteiger charge is 2.18. The Kier molecular flexibility index (Phi) is 6.86.